The van der Waals surface area contributed by atoms with Gasteiger partial charge in [0.2, 0.25) is 0 Å². The highest BCUT2D eigenvalue weighted by atomic mass is 16.3. The predicted octanol–water partition coefficient (Wildman–Crippen LogP) is 1.29. The molecule has 0 spiro atoms. The van der Waals surface area contributed by atoms with E-state index in [-0.39, 0.29) is 11.7 Å². The van der Waals surface area contributed by atoms with Crippen LogP contribution in [0.2, 0.25) is 0 Å². The molecule has 0 saturated heterocycles. The standard InChI is InChI=1S/C9H14O2/c1-2-4-8(10)7-5-3-6-9(7)11/h2,4,7-8,10H,3,5-6H2,1H3/b4-2+. The van der Waals surface area contributed by atoms with Crippen molar-refractivity contribution in [3.05, 3.63) is 12.2 Å². The van der Waals surface area contributed by atoms with Crippen LogP contribution in [0.15, 0.2) is 12.2 Å². The van der Waals surface area contributed by atoms with E-state index in [2.05, 4.69) is 0 Å². The Morgan fingerprint density at radius 3 is 2.91 bits per heavy atom. The van der Waals surface area contributed by atoms with E-state index >= 15 is 0 Å². The minimum absolute atomic E-state index is 0.119. The molecule has 1 N–H and O–H groups in total. The van der Waals surface area contributed by atoms with Crippen molar-refractivity contribution in [2.75, 3.05) is 0 Å². The first kappa shape index (κ1) is 8.47. The number of hydrogen-bond donors (Lipinski definition) is 1. The van der Waals surface area contributed by atoms with E-state index in [1.165, 1.54) is 0 Å². The van der Waals surface area contributed by atoms with Gasteiger partial charge in [0.15, 0.2) is 0 Å². The lowest BCUT2D eigenvalue weighted by molar-refractivity contribution is -0.122. The van der Waals surface area contributed by atoms with E-state index in [0.717, 1.165) is 12.8 Å². The van der Waals surface area contributed by atoms with Gasteiger partial charge in [-0.2, -0.15) is 0 Å². The maximum atomic E-state index is 11.1. The molecular formula is C9H14O2. The fourth-order valence-corrected chi connectivity index (χ4v) is 1.54. The highest BCUT2D eigenvalue weighted by Gasteiger charge is 2.28. The number of rotatable bonds is 2. The molecule has 1 aliphatic carbocycles. The average molecular weight is 154 g/mol. The predicted molar refractivity (Wildman–Crippen MR) is 43.2 cm³/mol. The Kier molecular flexibility index (Phi) is 2.83. The van der Waals surface area contributed by atoms with Crippen LogP contribution in [0.4, 0.5) is 0 Å². The quantitative estimate of drug-likeness (QED) is 0.608. The number of aliphatic hydroxyl groups is 1. The number of ketones is 1. The van der Waals surface area contributed by atoms with E-state index in [1.807, 2.05) is 6.92 Å². The van der Waals surface area contributed by atoms with E-state index < -0.39 is 6.10 Å². The van der Waals surface area contributed by atoms with Crippen LogP contribution < -0.4 is 0 Å². The molecule has 0 aromatic heterocycles. The molecule has 0 amide bonds. The zero-order chi connectivity index (χ0) is 8.27. The maximum Gasteiger partial charge on any atom is 0.138 e. The Labute approximate surface area is 66.9 Å². The smallest absolute Gasteiger partial charge is 0.138 e. The third-order valence-corrected chi connectivity index (χ3v) is 2.15. The Balaban J connectivity index is 2.52. The Morgan fingerprint density at radius 2 is 2.45 bits per heavy atom. The monoisotopic (exact) mass is 154 g/mol. The molecule has 2 nitrogen and oxygen atoms in total. The highest BCUT2D eigenvalue weighted by Crippen LogP contribution is 2.24. The van der Waals surface area contributed by atoms with Crippen LogP contribution in [0.25, 0.3) is 0 Å². The first-order valence-electron chi connectivity index (χ1n) is 4.09. The molecule has 0 radical (unpaired) electrons. The molecule has 0 aliphatic heterocycles. The molecule has 0 aromatic rings. The third-order valence-electron chi connectivity index (χ3n) is 2.15. The number of aliphatic hydroxyl groups excluding tert-OH is 1. The normalized spacial score (nSPS) is 28.2. The summed E-state index contributed by atoms with van der Waals surface area (Å²) in [5.41, 5.74) is 0. The summed E-state index contributed by atoms with van der Waals surface area (Å²) in [4.78, 5) is 11.1. The molecule has 2 unspecified atom stereocenters. The summed E-state index contributed by atoms with van der Waals surface area (Å²) in [5.74, 6) is 0.0989. The van der Waals surface area contributed by atoms with Crippen molar-refractivity contribution in [3.8, 4) is 0 Å². The molecule has 1 aliphatic rings. The van der Waals surface area contributed by atoms with Crippen LogP contribution in [0, 0.1) is 5.92 Å². The second-order valence-corrected chi connectivity index (χ2v) is 2.98. The highest BCUT2D eigenvalue weighted by molar-refractivity contribution is 5.83. The Morgan fingerprint density at radius 1 is 1.73 bits per heavy atom. The van der Waals surface area contributed by atoms with Crippen molar-refractivity contribution in [1.29, 1.82) is 0 Å². The van der Waals surface area contributed by atoms with Crippen LogP contribution in [-0.4, -0.2) is 17.0 Å². The van der Waals surface area contributed by atoms with E-state index in [9.17, 15) is 9.90 Å². The van der Waals surface area contributed by atoms with Crippen molar-refractivity contribution in [3.63, 3.8) is 0 Å². The van der Waals surface area contributed by atoms with E-state index in [0.29, 0.717) is 6.42 Å². The van der Waals surface area contributed by atoms with Gasteiger partial charge in [0.1, 0.15) is 5.78 Å². The number of carbonyl (C=O) groups excluding carboxylic acids is 1. The summed E-state index contributed by atoms with van der Waals surface area (Å²) in [6.07, 6.45) is 5.38. The molecule has 11 heavy (non-hydrogen) atoms. The van der Waals surface area contributed by atoms with Gasteiger partial charge in [0, 0.05) is 12.3 Å². The topological polar surface area (TPSA) is 37.3 Å². The molecule has 62 valence electrons. The van der Waals surface area contributed by atoms with Crippen molar-refractivity contribution < 1.29 is 9.90 Å². The SMILES string of the molecule is C/C=C/C(O)C1CCCC1=O. The first-order chi connectivity index (χ1) is 5.25. The third kappa shape index (κ3) is 1.90. The molecule has 1 saturated carbocycles. The van der Waals surface area contributed by atoms with Crippen LogP contribution in [0.5, 0.6) is 0 Å². The maximum absolute atomic E-state index is 11.1. The van der Waals surface area contributed by atoms with Gasteiger partial charge in [0.25, 0.3) is 0 Å². The molecule has 0 aromatic carbocycles. The van der Waals surface area contributed by atoms with Gasteiger partial charge >= 0.3 is 0 Å². The summed E-state index contributed by atoms with van der Waals surface area (Å²) < 4.78 is 0. The summed E-state index contributed by atoms with van der Waals surface area (Å²) in [5, 5.41) is 9.41. The van der Waals surface area contributed by atoms with E-state index in [1.54, 1.807) is 12.2 Å². The van der Waals surface area contributed by atoms with E-state index in [4.69, 9.17) is 0 Å². The Bertz CT molecular complexity index is 172. The zero-order valence-corrected chi connectivity index (χ0v) is 6.79. The summed E-state index contributed by atoms with van der Waals surface area (Å²) in [6, 6.07) is 0. The fraction of sp³-hybridized carbons (Fsp3) is 0.667. The molecule has 2 atom stereocenters. The van der Waals surface area contributed by atoms with Gasteiger partial charge in [-0.05, 0) is 19.8 Å². The van der Waals surface area contributed by atoms with Gasteiger partial charge in [-0.3, -0.25) is 4.79 Å². The Hall–Kier alpha value is -0.630. The minimum Gasteiger partial charge on any atom is -0.388 e. The second kappa shape index (κ2) is 3.67. The van der Waals surface area contributed by atoms with Gasteiger partial charge in [-0.1, -0.05) is 12.2 Å². The van der Waals surface area contributed by atoms with Gasteiger partial charge in [0.05, 0.1) is 6.10 Å². The van der Waals surface area contributed by atoms with Crippen LogP contribution in [-0.2, 0) is 4.79 Å². The van der Waals surface area contributed by atoms with Gasteiger partial charge < -0.3 is 5.11 Å². The molecule has 2 heteroatoms. The van der Waals surface area contributed by atoms with Crippen molar-refractivity contribution >= 4 is 5.78 Å². The van der Waals surface area contributed by atoms with Crippen molar-refractivity contribution in [1.82, 2.24) is 0 Å². The number of hydrogen-bond acceptors (Lipinski definition) is 2. The van der Waals surface area contributed by atoms with Crippen molar-refractivity contribution in [2.24, 2.45) is 5.92 Å². The van der Waals surface area contributed by atoms with Crippen LogP contribution in [0.3, 0.4) is 0 Å². The molecule has 0 heterocycles. The lowest BCUT2D eigenvalue weighted by Crippen LogP contribution is -2.21. The summed E-state index contributed by atoms with van der Waals surface area (Å²) in [7, 11) is 0. The lowest BCUT2D eigenvalue weighted by atomic mass is 10.00. The minimum atomic E-state index is -0.546. The second-order valence-electron chi connectivity index (χ2n) is 2.98. The summed E-state index contributed by atoms with van der Waals surface area (Å²) in [6.45, 7) is 1.85. The largest absolute Gasteiger partial charge is 0.388 e. The van der Waals surface area contributed by atoms with Gasteiger partial charge in [-0.15, -0.1) is 0 Å². The number of Topliss-reactive ketones (excluding diaryl/α,β-unsaturated/α-hetero) is 1. The fourth-order valence-electron chi connectivity index (χ4n) is 1.54. The average Bonchev–Trinajstić information content (AvgIpc) is 2.36. The first-order valence-corrected chi connectivity index (χ1v) is 4.09. The van der Waals surface area contributed by atoms with Gasteiger partial charge in [-0.25, -0.2) is 0 Å². The molecule has 0 bridgehead atoms. The number of carbonyl (C=O) groups is 1. The van der Waals surface area contributed by atoms with Crippen LogP contribution in [0.1, 0.15) is 26.2 Å². The molecular weight excluding hydrogens is 140 g/mol. The van der Waals surface area contributed by atoms with Crippen molar-refractivity contribution in [2.45, 2.75) is 32.3 Å². The molecule has 1 fully saturated rings. The summed E-state index contributed by atoms with van der Waals surface area (Å²) >= 11 is 0. The zero-order valence-electron chi connectivity index (χ0n) is 6.79. The lowest BCUT2D eigenvalue weighted by Gasteiger charge is -2.11. The molecule has 1 rings (SSSR count). The number of allylic oxidation sites excluding steroid dienone is 1. The van der Waals surface area contributed by atoms with Crippen LogP contribution >= 0.6 is 0 Å².